The lowest BCUT2D eigenvalue weighted by atomic mass is 10.2. The van der Waals surface area contributed by atoms with Crippen LogP contribution in [0.15, 0.2) is 21.7 Å². The Morgan fingerprint density at radius 2 is 2.30 bits per heavy atom. The Bertz CT molecular complexity index is 857. The molecule has 0 saturated heterocycles. The number of carbonyl (C=O) groups is 1. The summed E-state index contributed by atoms with van der Waals surface area (Å²) < 4.78 is 1.44. The van der Waals surface area contributed by atoms with E-state index in [0.717, 1.165) is 15.8 Å². The highest BCUT2D eigenvalue weighted by Gasteiger charge is 2.18. The number of nitriles is 1. The van der Waals surface area contributed by atoms with Crippen LogP contribution in [0.2, 0.25) is 0 Å². The number of anilines is 1. The number of thiophene rings is 1. The van der Waals surface area contributed by atoms with Crippen molar-refractivity contribution in [1.29, 1.82) is 5.26 Å². The third-order valence-corrected chi connectivity index (χ3v) is 5.32. The minimum absolute atomic E-state index is 0.0788. The van der Waals surface area contributed by atoms with Crippen molar-refractivity contribution in [3.05, 3.63) is 41.7 Å². The van der Waals surface area contributed by atoms with Crippen molar-refractivity contribution in [2.45, 2.75) is 6.92 Å². The van der Waals surface area contributed by atoms with E-state index in [4.69, 9.17) is 11.0 Å². The fourth-order valence-corrected chi connectivity index (χ4v) is 4.25. The number of hydrogen-bond donors (Lipinski definition) is 3. The maximum atomic E-state index is 12.1. The fraction of sp³-hybridized carbons (Fsp3) is 0.0714. The SMILES string of the molecule is Cc1c(C(=O)N/N=C\c2cc(Br)cc(I)c2O)sc(N)c1C#N. The van der Waals surface area contributed by atoms with E-state index in [1.165, 1.54) is 6.21 Å². The Hall–Kier alpha value is -1.64. The lowest BCUT2D eigenvalue weighted by Gasteiger charge is -2.03. The van der Waals surface area contributed by atoms with E-state index in [9.17, 15) is 9.90 Å². The van der Waals surface area contributed by atoms with Crippen LogP contribution in [0, 0.1) is 21.8 Å². The summed E-state index contributed by atoms with van der Waals surface area (Å²) in [5.74, 6) is -0.378. The van der Waals surface area contributed by atoms with E-state index < -0.39 is 5.91 Å². The molecule has 1 amide bonds. The van der Waals surface area contributed by atoms with Gasteiger partial charge in [-0.3, -0.25) is 4.79 Å². The quantitative estimate of drug-likeness (QED) is 0.338. The summed E-state index contributed by atoms with van der Waals surface area (Å²) in [6.07, 6.45) is 1.34. The van der Waals surface area contributed by atoms with Gasteiger partial charge in [0.05, 0.1) is 15.3 Å². The lowest BCUT2D eigenvalue weighted by molar-refractivity contribution is 0.0958. The van der Waals surface area contributed by atoms with Crippen LogP contribution in [-0.2, 0) is 0 Å². The van der Waals surface area contributed by atoms with E-state index in [1.807, 2.05) is 28.7 Å². The number of rotatable bonds is 3. The van der Waals surface area contributed by atoms with Crippen molar-refractivity contribution >= 4 is 67.0 Å². The van der Waals surface area contributed by atoms with Crippen molar-refractivity contribution < 1.29 is 9.90 Å². The van der Waals surface area contributed by atoms with E-state index >= 15 is 0 Å². The number of nitrogens with one attached hydrogen (secondary N) is 1. The van der Waals surface area contributed by atoms with Gasteiger partial charge in [-0.15, -0.1) is 11.3 Å². The number of amides is 1. The van der Waals surface area contributed by atoms with Gasteiger partial charge in [-0.1, -0.05) is 15.9 Å². The van der Waals surface area contributed by atoms with Crippen molar-refractivity contribution in [1.82, 2.24) is 5.43 Å². The molecule has 2 rings (SSSR count). The summed E-state index contributed by atoms with van der Waals surface area (Å²) in [6, 6.07) is 5.40. The van der Waals surface area contributed by atoms with Gasteiger partial charge in [0.1, 0.15) is 21.7 Å². The number of benzene rings is 1. The van der Waals surface area contributed by atoms with Gasteiger partial charge in [-0.2, -0.15) is 10.4 Å². The number of nitrogen functional groups attached to an aromatic ring is 1. The van der Waals surface area contributed by atoms with Gasteiger partial charge in [-0.25, -0.2) is 5.43 Å². The first kappa shape index (κ1) is 17.7. The van der Waals surface area contributed by atoms with Gasteiger partial charge < -0.3 is 10.8 Å². The highest BCUT2D eigenvalue weighted by Crippen LogP contribution is 2.30. The van der Waals surface area contributed by atoms with Crippen LogP contribution >= 0.6 is 49.9 Å². The number of hydrazone groups is 1. The highest BCUT2D eigenvalue weighted by molar-refractivity contribution is 14.1. The number of halogens is 2. The fourth-order valence-electron chi connectivity index (χ4n) is 1.79. The number of hydrogen-bond acceptors (Lipinski definition) is 6. The summed E-state index contributed by atoms with van der Waals surface area (Å²) in [5.41, 5.74) is 9.37. The molecular formula is C14H10BrIN4O2S. The third-order valence-electron chi connectivity index (χ3n) is 2.92. The number of nitrogens with two attached hydrogens (primary N) is 1. The summed E-state index contributed by atoms with van der Waals surface area (Å²) >= 11 is 6.36. The number of carbonyl (C=O) groups excluding carboxylic acids is 1. The van der Waals surface area contributed by atoms with Crippen LogP contribution in [0.5, 0.6) is 5.75 Å². The standard InChI is InChI=1S/C14H10BrIN4O2S/c1-6-9(4-17)13(18)23-12(6)14(22)20-19-5-7-2-8(15)3-10(16)11(7)21/h2-3,5,21H,18H2,1H3,(H,20,22)/b19-5-. The number of aromatic hydroxyl groups is 1. The topological polar surface area (TPSA) is 112 Å². The zero-order chi connectivity index (χ0) is 17.1. The van der Waals surface area contributed by atoms with Gasteiger partial charge in [0.2, 0.25) is 0 Å². The zero-order valence-electron chi connectivity index (χ0n) is 11.7. The first-order valence-electron chi connectivity index (χ1n) is 6.15. The first-order valence-corrected chi connectivity index (χ1v) is 8.84. The second-order valence-corrected chi connectivity index (χ2v) is 7.56. The Morgan fingerprint density at radius 1 is 1.61 bits per heavy atom. The Morgan fingerprint density at radius 3 is 2.91 bits per heavy atom. The van der Waals surface area contributed by atoms with E-state index in [-0.39, 0.29) is 5.75 Å². The lowest BCUT2D eigenvalue weighted by Crippen LogP contribution is -2.17. The molecular weight excluding hydrogens is 495 g/mol. The van der Waals surface area contributed by atoms with Crippen molar-refractivity contribution in [2.24, 2.45) is 5.10 Å². The summed E-state index contributed by atoms with van der Waals surface area (Å²) in [7, 11) is 0. The molecule has 1 aromatic carbocycles. The van der Waals surface area contributed by atoms with Crippen molar-refractivity contribution in [3.8, 4) is 11.8 Å². The third kappa shape index (κ3) is 3.82. The summed E-state index contributed by atoms with van der Waals surface area (Å²) in [5, 5.41) is 23.1. The van der Waals surface area contributed by atoms with Crippen molar-refractivity contribution in [2.75, 3.05) is 5.73 Å². The molecule has 9 heteroatoms. The monoisotopic (exact) mass is 504 g/mol. The molecule has 0 aliphatic heterocycles. The number of phenols is 1. The molecule has 0 spiro atoms. The molecule has 23 heavy (non-hydrogen) atoms. The van der Waals surface area contributed by atoms with Gasteiger partial charge in [0, 0.05) is 10.0 Å². The molecule has 0 aliphatic rings. The zero-order valence-corrected chi connectivity index (χ0v) is 16.3. The molecule has 2 aromatic rings. The molecule has 1 aromatic heterocycles. The molecule has 0 saturated carbocycles. The van der Waals surface area contributed by atoms with Gasteiger partial charge >= 0.3 is 0 Å². The average molecular weight is 505 g/mol. The second-order valence-electron chi connectivity index (χ2n) is 4.43. The summed E-state index contributed by atoms with van der Waals surface area (Å²) in [4.78, 5) is 12.4. The Labute approximate surface area is 158 Å². The maximum Gasteiger partial charge on any atom is 0.281 e. The van der Waals surface area contributed by atoms with E-state index in [2.05, 4.69) is 26.5 Å². The second kappa shape index (κ2) is 7.29. The van der Waals surface area contributed by atoms with Gasteiger partial charge in [0.15, 0.2) is 0 Å². The molecule has 118 valence electrons. The van der Waals surface area contributed by atoms with E-state index in [1.54, 1.807) is 19.1 Å². The predicted octanol–water partition coefficient (Wildman–Crippen LogP) is 3.35. The molecule has 0 unspecified atom stereocenters. The highest BCUT2D eigenvalue weighted by atomic mass is 127. The molecule has 1 heterocycles. The molecule has 0 atom stereocenters. The van der Waals surface area contributed by atoms with Crippen LogP contribution in [0.1, 0.15) is 26.4 Å². The average Bonchev–Trinajstić information content (AvgIpc) is 2.78. The van der Waals surface area contributed by atoms with Crippen LogP contribution in [0.3, 0.4) is 0 Å². The van der Waals surface area contributed by atoms with Gasteiger partial charge in [0.25, 0.3) is 5.91 Å². The van der Waals surface area contributed by atoms with Crippen LogP contribution in [0.4, 0.5) is 5.00 Å². The largest absolute Gasteiger partial charge is 0.506 e. The van der Waals surface area contributed by atoms with E-state index in [0.29, 0.717) is 30.1 Å². The smallest absolute Gasteiger partial charge is 0.281 e. The van der Waals surface area contributed by atoms with Crippen LogP contribution in [-0.4, -0.2) is 17.2 Å². The Kier molecular flexibility index (Phi) is 5.61. The molecule has 0 bridgehead atoms. The molecule has 0 radical (unpaired) electrons. The molecule has 4 N–H and O–H groups in total. The molecule has 0 aliphatic carbocycles. The Balaban J connectivity index is 2.19. The summed E-state index contributed by atoms with van der Waals surface area (Å²) in [6.45, 7) is 1.66. The minimum atomic E-state index is -0.457. The van der Waals surface area contributed by atoms with Gasteiger partial charge in [-0.05, 0) is 47.2 Å². The first-order chi connectivity index (χ1) is 10.8. The number of nitrogens with zero attached hydrogens (tertiary/aromatic N) is 2. The van der Waals surface area contributed by atoms with Crippen molar-refractivity contribution in [3.63, 3.8) is 0 Å². The predicted molar refractivity (Wildman–Crippen MR) is 102 cm³/mol. The number of phenolic OH excluding ortho intramolecular Hbond substituents is 1. The maximum absolute atomic E-state index is 12.1. The normalized spacial score (nSPS) is 10.7. The molecule has 0 fully saturated rings. The molecule has 6 nitrogen and oxygen atoms in total. The minimum Gasteiger partial charge on any atom is -0.506 e. The van der Waals surface area contributed by atoms with Crippen LogP contribution in [0.25, 0.3) is 0 Å². The van der Waals surface area contributed by atoms with Crippen LogP contribution < -0.4 is 11.2 Å².